The normalized spacial score (nSPS) is 10.2. The third-order valence-electron chi connectivity index (χ3n) is 1.77. The van der Waals surface area contributed by atoms with Crippen LogP contribution in [0, 0.1) is 0 Å². The molecule has 1 aromatic rings. The number of rotatable bonds is 6. The van der Waals surface area contributed by atoms with E-state index in [9.17, 15) is 0 Å². The van der Waals surface area contributed by atoms with Crippen molar-refractivity contribution in [1.82, 2.24) is 4.72 Å². The van der Waals surface area contributed by atoms with Gasteiger partial charge < -0.3 is 0 Å². The van der Waals surface area contributed by atoms with Gasteiger partial charge in [0.25, 0.3) is 0 Å². The lowest BCUT2D eigenvalue weighted by Gasteiger charge is -2.02. The Balaban J connectivity index is 2.07. The Kier molecular flexibility index (Phi) is 5.70. The van der Waals surface area contributed by atoms with Crippen molar-refractivity contribution in [3.05, 3.63) is 35.9 Å². The number of hydrogen-bond acceptors (Lipinski definition) is 2. The quantitative estimate of drug-likeness (QED) is 0.553. The second-order valence-electron chi connectivity index (χ2n) is 2.98. The van der Waals surface area contributed by atoms with E-state index in [1.165, 1.54) is 17.7 Å². The SMILES string of the molecule is CCCSNCCc1ccccc1. The summed E-state index contributed by atoms with van der Waals surface area (Å²) in [4.78, 5) is 0. The van der Waals surface area contributed by atoms with Crippen molar-refractivity contribution in [3.8, 4) is 0 Å². The fourth-order valence-corrected chi connectivity index (χ4v) is 1.68. The topological polar surface area (TPSA) is 12.0 Å². The average molecular weight is 195 g/mol. The van der Waals surface area contributed by atoms with Gasteiger partial charge in [-0.05, 0) is 18.4 Å². The van der Waals surface area contributed by atoms with Crippen LogP contribution in [0.1, 0.15) is 18.9 Å². The Morgan fingerprint density at radius 3 is 2.69 bits per heavy atom. The molecular weight excluding hydrogens is 178 g/mol. The zero-order chi connectivity index (χ0) is 9.36. The van der Waals surface area contributed by atoms with Gasteiger partial charge >= 0.3 is 0 Å². The predicted octanol–water partition coefficient (Wildman–Crippen LogP) is 2.88. The summed E-state index contributed by atoms with van der Waals surface area (Å²) in [6.07, 6.45) is 2.36. The van der Waals surface area contributed by atoms with E-state index in [-0.39, 0.29) is 0 Å². The molecule has 0 bridgehead atoms. The highest BCUT2D eigenvalue weighted by atomic mass is 32.2. The largest absolute Gasteiger partial charge is 0.264 e. The number of nitrogens with one attached hydrogen (secondary N) is 1. The molecule has 13 heavy (non-hydrogen) atoms. The molecule has 0 aliphatic heterocycles. The van der Waals surface area contributed by atoms with Gasteiger partial charge in [-0.2, -0.15) is 0 Å². The smallest absolute Gasteiger partial charge is 0.00990 e. The molecule has 0 radical (unpaired) electrons. The zero-order valence-electron chi connectivity index (χ0n) is 8.12. The standard InChI is InChI=1S/C11H17NS/c1-2-10-13-12-9-8-11-6-4-3-5-7-11/h3-7,12H,2,8-10H2,1H3. The highest BCUT2D eigenvalue weighted by Gasteiger charge is 1.90. The molecule has 0 spiro atoms. The molecule has 1 aromatic carbocycles. The van der Waals surface area contributed by atoms with E-state index in [0.717, 1.165) is 13.0 Å². The van der Waals surface area contributed by atoms with Crippen molar-refractivity contribution >= 4 is 11.9 Å². The van der Waals surface area contributed by atoms with Crippen molar-refractivity contribution in [2.45, 2.75) is 19.8 Å². The molecule has 0 unspecified atom stereocenters. The van der Waals surface area contributed by atoms with Crippen molar-refractivity contribution < 1.29 is 0 Å². The van der Waals surface area contributed by atoms with Crippen LogP contribution in [0.4, 0.5) is 0 Å². The predicted molar refractivity (Wildman–Crippen MR) is 60.9 cm³/mol. The van der Waals surface area contributed by atoms with Crippen molar-refractivity contribution in [1.29, 1.82) is 0 Å². The van der Waals surface area contributed by atoms with Gasteiger partial charge in [-0.1, -0.05) is 49.2 Å². The summed E-state index contributed by atoms with van der Waals surface area (Å²) in [7, 11) is 0. The van der Waals surface area contributed by atoms with Crippen LogP contribution < -0.4 is 4.72 Å². The first kappa shape index (κ1) is 10.6. The van der Waals surface area contributed by atoms with Gasteiger partial charge in [0.1, 0.15) is 0 Å². The van der Waals surface area contributed by atoms with Gasteiger partial charge in [-0.15, -0.1) is 0 Å². The molecule has 0 aliphatic rings. The first-order chi connectivity index (χ1) is 6.43. The maximum atomic E-state index is 3.35. The van der Waals surface area contributed by atoms with Crippen LogP contribution in [0.15, 0.2) is 30.3 Å². The molecule has 0 fully saturated rings. The van der Waals surface area contributed by atoms with Crippen LogP contribution in [0.25, 0.3) is 0 Å². The summed E-state index contributed by atoms with van der Waals surface area (Å²) < 4.78 is 3.35. The van der Waals surface area contributed by atoms with Crippen LogP contribution in [-0.2, 0) is 6.42 Å². The highest BCUT2D eigenvalue weighted by molar-refractivity contribution is 7.97. The summed E-state index contributed by atoms with van der Waals surface area (Å²) in [6.45, 7) is 3.26. The van der Waals surface area contributed by atoms with Crippen LogP contribution >= 0.6 is 11.9 Å². The molecule has 0 aromatic heterocycles. The van der Waals surface area contributed by atoms with Crippen molar-refractivity contribution in [3.63, 3.8) is 0 Å². The first-order valence-electron chi connectivity index (χ1n) is 4.82. The van der Waals surface area contributed by atoms with Crippen LogP contribution in [0.2, 0.25) is 0 Å². The Morgan fingerprint density at radius 1 is 1.23 bits per heavy atom. The summed E-state index contributed by atoms with van der Waals surface area (Å²) >= 11 is 1.82. The van der Waals surface area contributed by atoms with E-state index < -0.39 is 0 Å². The molecule has 0 saturated carbocycles. The minimum absolute atomic E-state index is 1.06. The van der Waals surface area contributed by atoms with Gasteiger partial charge in [0.05, 0.1) is 0 Å². The minimum atomic E-state index is 1.06. The molecule has 1 N–H and O–H groups in total. The Labute approximate surface area is 85.1 Å². The van der Waals surface area contributed by atoms with E-state index in [4.69, 9.17) is 0 Å². The van der Waals surface area contributed by atoms with Crippen LogP contribution in [0.5, 0.6) is 0 Å². The van der Waals surface area contributed by atoms with Gasteiger partial charge in [-0.3, -0.25) is 4.72 Å². The first-order valence-corrected chi connectivity index (χ1v) is 5.80. The summed E-state index contributed by atoms with van der Waals surface area (Å²) in [5, 5.41) is 0. The third-order valence-corrected chi connectivity index (χ3v) is 2.79. The summed E-state index contributed by atoms with van der Waals surface area (Å²) in [5.74, 6) is 1.20. The molecule has 0 amide bonds. The third kappa shape index (κ3) is 4.96. The van der Waals surface area contributed by atoms with Gasteiger partial charge in [-0.25, -0.2) is 0 Å². The fraction of sp³-hybridized carbons (Fsp3) is 0.455. The van der Waals surface area contributed by atoms with Crippen molar-refractivity contribution in [2.24, 2.45) is 0 Å². The molecule has 0 atom stereocenters. The molecule has 0 saturated heterocycles. The van der Waals surface area contributed by atoms with E-state index in [2.05, 4.69) is 42.0 Å². The van der Waals surface area contributed by atoms with Gasteiger partial charge in [0, 0.05) is 12.3 Å². The second-order valence-corrected chi connectivity index (χ2v) is 3.96. The molecule has 2 heteroatoms. The molecule has 0 heterocycles. The van der Waals surface area contributed by atoms with E-state index in [1.807, 2.05) is 11.9 Å². The lowest BCUT2D eigenvalue weighted by Crippen LogP contribution is -2.08. The molecule has 1 rings (SSSR count). The van der Waals surface area contributed by atoms with Gasteiger partial charge in [0.2, 0.25) is 0 Å². The summed E-state index contributed by atoms with van der Waals surface area (Å²) in [5.41, 5.74) is 1.41. The highest BCUT2D eigenvalue weighted by Crippen LogP contribution is 2.00. The Hall–Kier alpha value is -0.470. The monoisotopic (exact) mass is 195 g/mol. The molecular formula is C11H17NS. The lowest BCUT2D eigenvalue weighted by atomic mass is 10.2. The minimum Gasteiger partial charge on any atom is -0.264 e. The summed E-state index contributed by atoms with van der Waals surface area (Å²) in [6, 6.07) is 10.6. The maximum absolute atomic E-state index is 3.35. The zero-order valence-corrected chi connectivity index (χ0v) is 8.94. The molecule has 0 aliphatic carbocycles. The lowest BCUT2D eigenvalue weighted by molar-refractivity contribution is 0.905. The van der Waals surface area contributed by atoms with Crippen LogP contribution in [0.3, 0.4) is 0 Å². The second kappa shape index (κ2) is 6.98. The number of hydrogen-bond donors (Lipinski definition) is 1. The van der Waals surface area contributed by atoms with Crippen LogP contribution in [-0.4, -0.2) is 12.3 Å². The maximum Gasteiger partial charge on any atom is 0.00990 e. The van der Waals surface area contributed by atoms with E-state index >= 15 is 0 Å². The Bertz CT molecular complexity index is 211. The van der Waals surface area contributed by atoms with E-state index in [0.29, 0.717) is 0 Å². The van der Waals surface area contributed by atoms with Crippen molar-refractivity contribution in [2.75, 3.05) is 12.3 Å². The fourth-order valence-electron chi connectivity index (χ4n) is 1.09. The van der Waals surface area contributed by atoms with Gasteiger partial charge in [0.15, 0.2) is 0 Å². The van der Waals surface area contributed by atoms with E-state index in [1.54, 1.807) is 0 Å². The number of benzene rings is 1. The average Bonchev–Trinajstić information content (AvgIpc) is 2.19. The molecule has 72 valence electrons. The Morgan fingerprint density at radius 2 is 2.00 bits per heavy atom. The molecule has 1 nitrogen and oxygen atoms in total.